The van der Waals surface area contributed by atoms with Crippen LogP contribution >= 0.6 is 0 Å². The first-order chi connectivity index (χ1) is 16.7. The van der Waals surface area contributed by atoms with Crippen molar-refractivity contribution in [2.45, 2.75) is 77.0 Å². The molecule has 4 heteroatoms. The molecule has 2 fully saturated rings. The number of piperidine rings is 1. The molecule has 0 amide bonds. The fraction of sp³-hybridized carbons (Fsp3) is 0.467. The van der Waals surface area contributed by atoms with Gasteiger partial charge in [0.1, 0.15) is 5.82 Å². The first-order valence-electron chi connectivity index (χ1n) is 13.2. The third-order valence-electron chi connectivity index (χ3n) is 7.91. The van der Waals surface area contributed by atoms with E-state index in [-0.39, 0.29) is 0 Å². The summed E-state index contributed by atoms with van der Waals surface area (Å²) in [7, 11) is 0. The van der Waals surface area contributed by atoms with Gasteiger partial charge in [-0.05, 0) is 72.3 Å². The molecule has 0 atom stereocenters. The van der Waals surface area contributed by atoms with Crippen molar-refractivity contribution in [3.8, 4) is 11.4 Å². The first-order valence-corrected chi connectivity index (χ1v) is 13.2. The molecule has 2 heterocycles. The molecular weight excluding hydrogens is 416 g/mol. The van der Waals surface area contributed by atoms with Crippen LogP contribution in [0.2, 0.25) is 0 Å². The molecule has 0 spiro atoms. The first kappa shape index (κ1) is 22.9. The van der Waals surface area contributed by atoms with E-state index in [2.05, 4.69) is 78.0 Å². The number of benzene rings is 2. The van der Waals surface area contributed by atoms with Crippen LogP contribution in [0.4, 0.5) is 0 Å². The van der Waals surface area contributed by atoms with Gasteiger partial charge in [-0.15, -0.1) is 0 Å². The Balaban J connectivity index is 1.30. The van der Waals surface area contributed by atoms with Gasteiger partial charge in [-0.1, -0.05) is 69.7 Å². The van der Waals surface area contributed by atoms with Gasteiger partial charge in [-0.25, -0.2) is 4.98 Å². The third-order valence-corrected chi connectivity index (χ3v) is 7.91. The zero-order chi connectivity index (χ0) is 23.5. The minimum absolute atomic E-state index is 0.639. The Morgan fingerprint density at radius 2 is 1.76 bits per heavy atom. The van der Waals surface area contributed by atoms with Gasteiger partial charge < -0.3 is 4.90 Å². The second-order valence-electron chi connectivity index (χ2n) is 10.1. The highest BCUT2D eigenvalue weighted by Crippen LogP contribution is 2.42. The summed E-state index contributed by atoms with van der Waals surface area (Å²) in [6.07, 6.45) is 9.47. The molecule has 0 unspecified atom stereocenters. The summed E-state index contributed by atoms with van der Waals surface area (Å²) in [5.41, 5.74) is 7.85. The van der Waals surface area contributed by atoms with Crippen molar-refractivity contribution in [3.63, 3.8) is 0 Å². The van der Waals surface area contributed by atoms with Gasteiger partial charge in [-0.2, -0.15) is 5.10 Å². The predicted octanol–water partition coefficient (Wildman–Crippen LogP) is 7.10. The maximum Gasteiger partial charge on any atom is 0.181 e. The van der Waals surface area contributed by atoms with E-state index in [4.69, 9.17) is 4.98 Å². The van der Waals surface area contributed by atoms with Crippen molar-refractivity contribution in [1.29, 1.82) is 0 Å². The van der Waals surface area contributed by atoms with Crippen molar-refractivity contribution in [1.82, 2.24) is 20.1 Å². The lowest BCUT2D eigenvalue weighted by Gasteiger charge is -2.35. The highest BCUT2D eigenvalue weighted by molar-refractivity contribution is 5.71. The minimum Gasteiger partial charge on any atom is -0.371 e. The van der Waals surface area contributed by atoms with Crippen molar-refractivity contribution < 1.29 is 0 Å². The number of aryl methyl sites for hydroxylation is 2. The summed E-state index contributed by atoms with van der Waals surface area (Å²) in [6, 6.07) is 16.2. The van der Waals surface area contributed by atoms with Crippen LogP contribution in [0.1, 0.15) is 92.3 Å². The summed E-state index contributed by atoms with van der Waals surface area (Å²) in [6.45, 7) is 11.0. The number of hydrogen-bond donors (Lipinski definition) is 1. The number of hydrogen-bond acceptors (Lipinski definition) is 3. The van der Waals surface area contributed by atoms with E-state index in [1.807, 2.05) is 0 Å². The summed E-state index contributed by atoms with van der Waals surface area (Å²) in [5, 5.41) is 7.66. The van der Waals surface area contributed by atoms with Gasteiger partial charge in [-0.3, -0.25) is 5.10 Å². The second-order valence-corrected chi connectivity index (χ2v) is 10.1. The van der Waals surface area contributed by atoms with Crippen molar-refractivity contribution in [2.24, 2.45) is 0 Å². The highest BCUT2D eigenvalue weighted by Gasteiger charge is 2.26. The highest BCUT2D eigenvalue weighted by atomic mass is 15.2. The fourth-order valence-electron chi connectivity index (χ4n) is 5.49. The number of rotatable bonds is 8. The fourth-order valence-corrected chi connectivity index (χ4v) is 5.49. The van der Waals surface area contributed by atoms with E-state index in [0.717, 1.165) is 36.9 Å². The van der Waals surface area contributed by atoms with Crippen molar-refractivity contribution in [2.75, 3.05) is 13.1 Å². The Morgan fingerprint density at radius 1 is 1.00 bits per heavy atom. The van der Waals surface area contributed by atoms with Crippen molar-refractivity contribution >= 4 is 5.70 Å². The summed E-state index contributed by atoms with van der Waals surface area (Å²) in [5.74, 6) is 3.07. The topological polar surface area (TPSA) is 44.8 Å². The zero-order valence-corrected chi connectivity index (χ0v) is 20.8. The number of H-pyrrole nitrogens is 1. The van der Waals surface area contributed by atoms with E-state index in [1.165, 1.54) is 72.8 Å². The summed E-state index contributed by atoms with van der Waals surface area (Å²) in [4.78, 5) is 7.24. The SMILES string of the molecule is C=C(c1ccc(C2CCC2)c(-c2n[nH]c(CC)n2)c1)N1CCC(c2ccc(CCC)cc2)CC1. The molecule has 34 heavy (non-hydrogen) atoms. The predicted molar refractivity (Wildman–Crippen MR) is 141 cm³/mol. The van der Waals surface area contributed by atoms with Crippen LogP contribution in [0.25, 0.3) is 17.1 Å². The molecule has 1 N–H and O–H groups in total. The number of nitrogens with one attached hydrogen (secondary N) is 1. The molecule has 2 aromatic carbocycles. The van der Waals surface area contributed by atoms with Crippen LogP contribution in [-0.2, 0) is 12.8 Å². The van der Waals surface area contributed by atoms with Crippen LogP contribution in [0.3, 0.4) is 0 Å². The Morgan fingerprint density at radius 3 is 2.38 bits per heavy atom. The van der Waals surface area contributed by atoms with E-state index >= 15 is 0 Å². The number of aromatic nitrogens is 3. The minimum atomic E-state index is 0.639. The largest absolute Gasteiger partial charge is 0.371 e. The molecule has 2 aliphatic rings. The average molecular weight is 455 g/mol. The van der Waals surface area contributed by atoms with E-state index in [0.29, 0.717) is 11.8 Å². The van der Waals surface area contributed by atoms with Crippen LogP contribution < -0.4 is 0 Å². The zero-order valence-electron chi connectivity index (χ0n) is 20.8. The molecule has 178 valence electrons. The van der Waals surface area contributed by atoms with Crippen LogP contribution in [-0.4, -0.2) is 33.2 Å². The quantitative estimate of drug-likeness (QED) is 0.395. The Kier molecular flexibility index (Phi) is 6.85. The van der Waals surface area contributed by atoms with E-state index in [9.17, 15) is 0 Å². The smallest absolute Gasteiger partial charge is 0.181 e. The molecule has 0 bridgehead atoms. The average Bonchev–Trinajstić information content (AvgIpc) is 3.33. The monoisotopic (exact) mass is 454 g/mol. The summed E-state index contributed by atoms with van der Waals surface area (Å²) < 4.78 is 0. The number of aromatic amines is 1. The van der Waals surface area contributed by atoms with Crippen LogP contribution in [0, 0.1) is 0 Å². The van der Waals surface area contributed by atoms with E-state index < -0.39 is 0 Å². The Labute approximate surface area is 204 Å². The Bertz CT molecular complexity index is 1110. The lowest BCUT2D eigenvalue weighted by Crippen LogP contribution is -2.31. The normalized spacial score (nSPS) is 17.1. The van der Waals surface area contributed by atoms with Gasteiger partial charge in [0.25, 0.3) is 0 Å². The molecule has 5 rings (SSSR count). The molecule has 1 saturated carbocycles. The van der Waals surface area contributed by atoms with Gasteiger partial charge in [0, 0.05) is 30.8 Å². The number of likely N-dealkylation sites (tertiary alicyclic amines) is 1. The molecule has 3 aromatic rings. The van der Waals surface area contributed by atoms with Crippen LogP contribution in [0.5, 0.6) is 0 Å². The standard InChI is InChI=1S/C30H38N4/c1-4-7-22-10-12-23(13-11-22)24-16-18-34(19-17-24)21(3)26-14-15-27(25-8-6-9-25)28(20-26)30-31-29(5-2)32-33-30/h10-15,20,24-25H,3-9,16-19H2,1-2H3,(H,31,32,33). The molecule has 1 saturated heterocycles. The van der Waals surface area contributed by atoms with Gasteiger partial charge in [0.05, 0.1) is 0 Å². The Hall–Kier alpha value is -2.88. The molecular formula is C30H38N4. The maximum absolute atomic E-state index is 4.76. The van der Waals surface area contributed by atoms with Gasteiger partial charge in [0.2, 0.25) is 0 Å². The third kappa shape index (κ3) is 4.68. The second kappa shape index (κ2) is 10.2. The maximum atomic E-state index is 4.76. The molecule has 1 aromatic heterocycles. The molecule has 1 aliphatic heterocycles. The van der Waals surface area contributed by atoms with Gasteiger partial charge in [0.15, 0.2) is 5.82 Å². The molecule has 1 aliphatic carbocycles. The summed E-state index contributed by atoms with van der Waals surface area (Å²) >= 11 is 0. The van der Waals surface area contributed by atoms with E-state index in [1.54, 1.807) is 0 Å². The number of nitrogens with zero attached hydrogens (tertiary/aromatic N) is 3. The van der Waals surface area contributed by atoms with Gasteiger partial charge >= 0.3 is 0 Å². The lowest BCUT2D eigenvalue weighted by atomic mass is 9.77. The van der Waals surface area contributed by atoms with Crippen molar-refractivity contribution in [3.05, 3.63) is 77.1 Å². The molecule has 4 nitrogen and oxygen atoms in total. The van der Waals surface area contributed by atoms with Crippen LogP contribution in [0.15, 0.2) is 49.0 Å². The molecule has 0 radical (unpaired) electrons. The lowest BCUT2D eigenvalue weighted by molar-refractivity contribution is 0.299.